The topological polar surface area (TPSA) is 52.6 Å². The maximum Gasteiger partial charge on any atom is 0.305 e. The van der Waals surface area contributed by atoms with E-state index in [-0.39, 0.29) is 29.3 Å². The number of hydrogen-bond acceptors (Lipinski definition) is 4. The molecule has 0 amide bonds. The summed E-state index contributed by atoms with van der Waals surface area (Å²) in [6, 6.07) is 19.6. The lowest BCUT2D eigenvalue weighted by Gasteiger charge is -2.38. The second-order valence-corrected chi connectivity index (χ2v) is 11.6. The third kappa shape index (κ3) is 6.27. The SMILES string of the molecule is COC(=O)CCCC=CC[C@H]1[C@H](C=CC(=O)C2CCCCC2)[C@@H]2C[C@@]1(c1ccc(-c3ccccc3)cc1)CO2. The van der Waals surface area contributed by atoms with Crippen molar-refractivity contribution in [3.05, 3.63) is 84.5 Å². The number of hydrogen-bond donors (Lipinski definition) is 0. The molecule has 3 aliphatic rings. The van der Waals surface area contributed by atoms with Crippen LogP contribution >= 0.6 is 0 Å². The van der Waals surface area contributed by atoms with E-state index in [4.69, 9.17) is 9.47 Å². The molecule has 4 heteroatoms. The van der Waals surface area contributed by atoms with E-state index in [9.17, 15) is 9.59 Å². The van der Waals surface area contributed by atoms with Crippen molar-refractivity contribution in [1.82, 2.24) is 0 Å². The Morgan fingerprint density at radius 1 is 0.974 bits per heavy atom. The summed E-state index contributed by atoms with van der Waals surface area (Å²) in [5.41, 5.74) is 3.73. The van der Waals surface area contributed by atoms with Gasteiger partial charge in [0.1, 0.15) is 0 Å². The number of ether oxygens (including phenoxy) is 2. The Kier molecular flexibility index (Phi) is 9.13. The van der Waals surface area contributed by atoms with Crippen molar-refractivity contribution in [2.24, 2.45) is 17.8 Å². The van der Waals surface area contributed by atoms with Gasteiger partial charge in [-0.1, -0.05) is 92.1 Å². The smallest absolute Gasteiger partial charge is 0.305 e. The van der Waals surface area contributed by atoms with Crippen molar-refractivity contribution in [2.45, 2.75) is 75.7 Å². The Morgan fingerprint density at radius 2 is 1.72 bits per heavy atom. The molecule has 1 heterocycles. The summed E-state index contributed by atoms with van der Waals surface area (Å²) in [5.74, 6) is 0.934. The highest BCUT2D eigenvalue weighted by Gasteiger charge is 2.58. The molecule has 2 aliphatic carbocycles. The zero-order chi connectivity index (χ0) is 27.1. The van der Waals surface area contributed by atoms with Crippen molar-refractivity contribution in [2.75, 3.05) is 13.7 Å². The minimum atomic E-state index is -0.153. The fourth-order valence-electron chi connectivity index (χ4n) is 7.10. The van der Waals surface area contributed by atoms with Gasteiger partial charge in [-0.25, -0.2) is 0 Å². The molecule has 2 aromatic carbocycles. The lowest BCUT2D eigenvalue weighted by atomic mass is 9.69. The lowest BCUT2D eigenvalue weighted by molar-refractivity contribution is -0.140. The van der Waals surface area contributed by atoms with Gasteiger partial charge in [-0.15, -0.1) is 0 Å². The maximum atomic E-state index is 13.0. The molecule has 0 spiro atoms. The van der Waals surface area contributed by atoms with Gasteiger partial charge < -0.3 is 9.47 Å². The summed E-state index contributed by atoms with van der Waals surface area (Å²) >= 11 is 0. The summed E-state index contributed by atoms with van der Waals surface area (Å²) in [6.07, 6.45) is 18.4. The van der Waals surface area contributed by atoms with Crippen LogP contribution in [0.3, 0.4) is 0 Å². The number of unbranched alkanes of at least 4 members (excludes halogenated alkanes) is 1. The Morgan fingerprint density at radius 3 is 2.46 bits per heavy atom. The van der Waals surface area contributed by atoms with E-state index in [1.165, 1.54) is 43.1 Å². The van der Waals surface area contributed by atoms with E-state index in [0.717, 1.165) is 45.1 Å². The van der Waals surface area contributed by atoms with E-state index >= 15 is 0 Å². The van der Waals surface area contributed by atoms with Crippen LogP contribution in [0.2, 0.25) is 0 Å². The van der Waals surface area contributed by atoms with Gasteiger partial charge in [0.25, 0.3) is 0 Å². The predicted molar refractivity (Wildman–Crippen MR) is 155 cm³/mol. The first kappa shape index (κ1) is 27.6. The zero-order valence-corrected chi connectivity index (χ0v) is 23.2. The lowest BCUT2D eigenvalue weighted by Crippen LogP contribution is -2.39. The molecule has 1 aliphatic heterocycles. The molecule has 0 radical (unpaired) electrons. The van der Waals surface area contributed by atoms with Crippen LogP contribution in [0.5, 0.6) is 0 Å². The Labute approximate surface area is 233 Å². The largest absolute Gasteiger partial charge is 0.469 e. The average Bonchev–Trinajstić information content (AvgIpc) is 3.56. The molecule has 4 atom stereocenters. The first-order chi connectivity index (χ1) is 19.1. The van der Waals surface area contributed by atoms with Crippen molar-refractivity contribution in [3.63, 3.8) is 0 Å². The number of ketones is 1. The summed E-state index contributed by atoms with van der Waals surface area (Å²) in [4.78, 5) is 24.5. The molecule has 3 fully saturated rings. The Bertz CT molecular complexity index is 1160. The monoisotopic (exact) mass is 526 g/mol. The van der Waals surface area contributed by atoms with Crippen LogP contribution in [0.15, 0.2) is 78.9 Å². The molecule has 0 aromatic heterocycles. The molecule has 4 nitrogen and oxygen atoms in total. The van der Waals surface area contributed by atoms with Crippen molar-refractivity contribution < 1.29 is 19.1 Å². The van der Waals surface area contributed by atoms with Gasteiger partial charge in [0.05, 0.1) is 19.8 Å². The van der Waals surface area contributed by atoms with Crippen molar-refractivity contribution in [3.8, 4) is 11.1 Å². The summed E-state index contributed by atoms with van der Waals surface area (Å²) in [6.45, 7) is 0.726. The molecule has 0 N–H and O–H groups in total. The highest BCUT2D eigenvalue weighted by molar-refractivity contribution is 5.91. The van der Waals surface area contributed by atoms with E-state index in [0.29, 0.717) is 18.1 Å². The van der Waals surface area contributed by atoms with Gasteiger partial charge in [0.15, 0.2) is 5.78 Å². The molecule has 2 saturated carbocycles. The number of benzene rings is 2. The summed E-state index contributed by atoms with van der Waals surface area (Å²) in [5, 5.41) is 0. The fourth-order valence-corrected chi connectivity index (χ4v) is 7.10. The van der Waals surface area contributed by atoms with E-state index in [1.54, 1.807) is 0 Å². The first-order valence-electron chi connectivity index (χ1n) is 14.8. The first-order valence-corrected chi connectivity index (χ1v) is 14.8. The predicted octanol–water partition coefficient (Wildman–Crippen LogP) is 7.62. The number of allylic oxidation sites excluding steroid dienone is 3. The number of carbonyl (C=O) groups excluding carboxylic acids is 2. The summed E-state index contributed by atoms with van der Waals surface area (Å²) in [7, 11) is 1.44. The van der Waals surface area contributed by atoms with Crippen LogP contribution in [0.4, 0.5) is 0 Å². The van der Waals surface area contributed by atoms with Crippen LogP contribution in [0.1, 0.15) is 69.8 Å². The van der Waals surface area contributed by atoms with Gasteiger partial charge in [0.2, 0.25) is 0 Å². The van der Waals surface area contributed by atoms with Crippen LogP contribution in [-0.2, 0) is 24.5 Å². The summed E-state index contributed by atoms with van der Waals surface area (Å²) < 4.78 is 11.2. The normalized spacial score (nSPS) is 26.9. The number of rotatable bonds is 11. The van der Waals surface area contributed by atoms with Gasteiger partial charge in [-0.3, -0.25) is 9.59 Å². The number of fused-ring (bicyclic) bond motifs is 2. The quantitative estimate of drug-likeness (QED) is 0.131. The minimum Gasteiger partial charge on any atom is -0.469 e. The van der Waals surface area contributed by atoms with Crippen molar-refractivity contribution in [1.29, 1.82) is 0 Å². The van der Waals surface area contributed by atoms with Gasteiger partial charge >= 0.3 is 5.97 Å². The molecule has 0 unspecified atom stereocenters. The van der Waals surface area contributed by atoms with Crippen LogP contribution in [0.25, 0.3) is 11.1 Å². The standard InChI is InChI=1S/C35H42O4/c1-38-34(37)17-11-3-2-10-16-31-30(22-23-32(36)28-14-8-5-9-15-28)33-24-35(31,25-39-33)29-20-18-27(19-21-29)26-12-6-4-7-13-26/h2,4,6-7,10,12-13,18-23,28,30-31,33H,3,5,8-9,11,14-17,24-25H2,1H3/t30-,31-,33-,35-/m0/s1. The molecule has 39 heavy (non-hydrogen) atoms. The second-order valence-electron chi connectivity index (χ2n) is 11.6. The van der Waals surface area contributed by atoms with Gasteiger partial charge in [0, 0.05) is 23.7 Å². The van der Waals surface area contributed by atoms with Gasteiger partial charge in [-0.2, -0.15) is 0 Å². The third-order valence-corrected chi connectivity index (χ3v) is 9.32. The van der Waals surface area contributed by atoms with Crippen molar-refractivity contribution >= 4 is 11.8 Å². The Hall–Kier alpha value is -2.98. The number of esters is 1. The molecular weight excluding hydrogens is 484 g/mol. The van der Waals surface area contributed by atoms with E-state index in [2.05, 4.69) is 66.8 Å². The van der Waals surface area contributed by atoms with E-state index in [1.807, 2.05) is 12.1 Å². The zero-order valence-electron chi connectivity index (χ0n) is 23.2. The number of carbonyl (C=O) groups is 2. The van der Waals surface area contributed by atoms with Gasteiger partial charge in [-0.05, 0) is 67.2 Å². The third-order valence-electron chi connectivity index (χ3n) is 9.32. The van der Waals surface area contributed by atoms with E-state index < -0.39 is 0 Å². The molecule has 206 valence electrons. The average molecular weight is 527 g/mol. The molecule has 2 bridgehead atoms. The highest BCUT2D eigenvalue weighted by Crippen LogP contribution is 2.57. The molecule has 2 aromatic rings. The number of methoxy groups -OCH3 is 1. The fraction of sp³-hybridized carbons (Fsp3) is 0.486. The second kappa shape index (κ2) is 12.9. The van der Waals surface area contributed by atoms with Crippen LogP contribution in [0, 0.1) is 17.8 Å². The molecule has 5 rings (SSSR count). The Balaban J connectivity index is 1.35. The highest BCUT2D eigenvalue weighted by atomic mass is 16.5. The maximum absolute atomic E-state index is 13.0. The molecule has 1 saturated heterocycles. The minimum absolute atomic E-state index is 0.0564. The molecular formula is C35H42O4. The van der Waals surface area contributed by atoms with Crippen LogP contribution in [-0.4, -0.2) is 31.6 Å². The van der Waals surface area contributed by atoms with Crippen LogP contribution < -0.4 is 0 Å².